The Morgan fingerprint density at radius 1 is 1.17 bits per heavy atom. The number of nitrogens with two attached hydrogens (primary N) is 1. The molecule has 0 bridgehead atoms. The van der Waals surface area contributed by atoms with E-state index in [-0.39, 0.29) is 11.7 Å². The topological polar surface area (TPSA) is 44.5 Å². The smallest absolute Gasteiger partial charge is 0.164 e. The maximum absolute atomic E-state index is 13.5. The second-order valence-electron chi connectivity index (χ2n) is 5.49. The summed E-state index contributed by atoms with van der Waals surface area (Å²) in [5, 5.41) is 0. The fourth-order valence-electron chi connectivity index (χ4n) is 2.61. The summed E-state index contributed by atoms with van der Waals surface area (Å²) in [4.78, 5) is 0. The zero-order valence-corrected chi connectivity index (χ0v) is 13.7. The van der Waals surface area contributed by atoms with Gasteiger partial charge >= 0.3 is 0 Å². The number of rotatable bonds is 8. The maximum Gasteiger partial charge on any atom is 0.164 e. The van der Waals surface area contributed by atoms with E-state index in [0.717, 1.165) is 23.3 Å². The molecule has 0 saturated carbocycles. The highest BCUT2D eigenvalue weighted by Crippen LogP contribution is 2.34. The minimum atomic E-state index is -0.242. The quantitative estimate of drug-likeness (QED) is 0.803. The van der Waals surface area contributed by atoms with Gasteiger partial charge in [0.25, 0.3) is 0 Å². The minimum absolute atomic E-state index is 0.0294. The fourth-order valence-corrected chi connectivity index (χ4v) is 2.61. The Morgan fingerprint density at radius 2 is 1.96 bits per heavy atom. The molecule has 0 aliphatic rings. The molecule has 3 nitrogen and oxygen atoms in total. The van der Waals surface area contributed by atoms with Gasteiger partial charge in [0.15, 0.2) is 11.5 Å². The summed E-state index contributed by atoms with van der Waals surface area (Å²) in [7, 11) is 1.63. The van der Waals surface area contributed by atoms with Crippen LogP contribution in [0.1, 0.15) is 30.4 Å². The summed E-state index contributed by atoms with van der Waals surface area (Å²) in [5.74, 6) is 1.26. The first-order valence-corrected chi connectivity index (χ1v) is 7.93. The molecule has 0 aliphatic heterocycles. The first-order valence-electron chi connectivity index (χ1n) is 7.93. The van der Waals surface area contributed by atoms with Crippen molar-refractivity contribution in [2.75, 3.05) is 20.3 Å². The third kappa shape index (κ3) is 4.45. The first kappa shape index (κ1) is 17.3. The van der Waals surface area contributed by atoms with Crippen molar-refractivity contribution in [1.29, 1.82) is 0 Å². The fraction of sp³-hybridized carbons (Fsp3) is 0.368. The molecule has 1 atom stereocenters. The van der Waals surface area contributed by atoms with Gasteiger partial charge in [0.2, 0.25) is 0 Å². The molecule has 124 valence electrons. The molecular weight excluding hydrogens is 293 g/mol. The molecule has 2 aromatic carbocycles. The monoisotopic (exact) mass is 317 g/mol. The summed E-state index contributed by atoms with van der Waals surface area (Å²) in [6.07, 6.45) is 1.60. The Balaban J connectivity index is 2.29. The normalized spacial score (nSPS) is 12.0. The number of para-hydroxylation sites is 1. The standard InChI is InChI=1S/C19H24FNO2/c1-3-10-23-19-15(7-5-9-18(19)22-2)11-16(13-21)14-6-4-8-17(20)12-14/h4-9,12,16H,3,10-11,13,21H2,1-2H3. The Morgan fingerprint density at radius 3 is 2.61 bits per heavy atom. The van der Waals surface area contributed by atoms with Crippen molar-refractivity contribution in [2.45, 2.75) is 25.7 Å². The van der Waals surface area contributed by atoms with Crippen molar-refractivity contribution in [3.63, 3.8) is 0 Å². The summed E-state index contributed by atoms with van der Waals surface area (Å²) in [6, 6.07) is 12.4. The van der Waals surface area contributed by atoms with Gasteiger partial charge in [-0.05, 0) is 48.7 Å². The van der Waals surface area contributed by atoms with Crippen molar-refractivity contribution < 1.29 is 13.9 Å². The van der Waals surface area contributed by atoms with Crippen molar-refractivity contribution in [2.24, 2.45) is 5.73 Å². The molecule has 0 aromatic heterocycles. The maximum atomic E-state index is 13.5. The van der Waals surface area contributed by atoms with Crippen LogP contribution < -0.4 is 15.2 Å². The van der Waals surface area contributed by atoms with Crippen LogP contribution in [0.25, 0.3) is 0 Å². The number of ether oxygens (including phenoxy) is 2. The predicted octanol–water partition coefficient (Wildman–Crippen LogP) is 3.91. The number of halogens is 1. The Bertz CT molecular complexity index is 631. The lowest BCUT2D eigenvalue weighted by atomic mass is 9.91. The molecule has 2 rings (SSSR count). The van der Waals surface area contributed by atoms with Crippen LogP contribution in [-0.2, 0) is 6.42 Å². The number of methoxy groups -OCH3 is 1. The van der Waals surface area contributed by atoms with Crippen LogP contribution in [0.15, 0.2) is 42.5 Å². The van der Waals surface area contributed by atoms with E-state index in [1.807, 2.05) is 24.3 Å². The Kier molecular flexibility index (Phi) is 6.41. The molecule has 0 amide bonds. The van der Waals surface area contributed by atoms with Gasteiger partial charge in [0.05, 0.1) is 13.7 Å². The number of hydrogen-bond donors (Lipinski definition) is 1. The summed E-state index contributed by atoms with van der Waals surface area (Å²) in [6.45, 7) is 3.12. The highest BCUT2D eigenvalue weighted by atomic mass is 19.1. The van der Waals surface area contributed by atoms with Gasteiger partial charge in [0.1, 0.15) is 5.82 Å². The van der Waals surface area contributed by atoms with Gasteiger partial charge in [-0.15, -0.1) is 0 Å². The molecule has 2 aromatic rings. The molecule has 0 radical (unpaired) electrons. The first-order chi connectivity index (χ1) is 11.2. The predicted molar refractivity (Wildman–Crippen MR) is 90.7 cm³/mol. The van der Waals surface area contributed by atoms with E-state index in [1.54, 1.807) is 19.2 Å². The Hall–Kier alpha value is -2.07. The summed E-state index contributed by atoms with van der Waals surface area (Å²) < 4.78 is 24.8. The van der Waals surface area contributed by atoms with Crippen molar-refractivity contribution >= 4 is 0 Å². The van der Waals surface area contributed by atoms with Crippen LogP contribution in [0.3, 0.4) is 0 Å². The number of benzene rings is 2. The van der Waals surface area contributed by atoms with E-state index in [0.29, 0.717) is 25.3 Å². The van der Waals surface area contributed by atoms with Gasteiger partial charge in [-0.3, -0.25) is 0 Å². The zero-order valence-electron chi connectivity index (χ0n) is 13.7. The molecule has 23 heavy (non-hydrogen) atoms. The van der Waals surface area contributed by atoms with E-state index in [4.69, 9.17) is 15.2 Å². The lowest BCUT2D eigenvalue weighted by Crippen LogP contribution is -2.16. The average molecular weight is 317 g/mol. The summed E-state index contributed by atoms with van der Waals surface area (Å²) >= 11 is 0. The molecular formula is C19H24FNO2. The lowest BCUT2D eigenvalue weighted by molar-refractivity contribution is 0.290. The van der Waals surface area contributed by atoms with Crippen LogP contribution in [-0.4, -0.2) is 20.3 Å². The molecule has 0 spiro atoms. The summed E-state index contributed by atoms with van der Waals surface area (Å²) in [5.41, 5.74) is 7.85. The molecule has 1 unspecified atom stereocenters. The largest absolute Gasteiger partial charge is 0.493 e. The van der Waals surface area contributed by atoms with Gasteiger partial charge in [-0.1, -0.05) is 31.2 Å². The zero-order chi connectivity index (χ0) is 16.7. The van der Waals surface area contributed by atoms with Crippen molar-refractivity contribution in [3.8, 4) is 11.5 Å². The minimum Gasteiger partial charge on any atom is -0.493 e. The van der Waals surface area contributed by atoms with Gasteiger partial charge in [-0.2, -0.15) is 0 Å². The van der Waals surface area contributed by atoms with E-state index in [9.17, 15) is 4.39 Å². The second-order valence-corrected chi connectivity index (χ2v) is 5.49. The molecule has 0 fully saturated rings. The molecule has 0 heterocycles. The van der Waals surface area contributed by atoms with Crippen molar-refractivity contribution in [1.82, 2.24) is 0 Å². The number of hydrogen-bond acceptors (Lipinski definition) is 3. The molecule has 2 N–H and O–H groups in total. The van der Waals surface area contributed by atoms with E-state index < -0.39 is 0 Å². The highest BCUT2D eigenvalue weighted by Gasteiger charge is 2.17. The van der Waals surface area contributed by atoms with Gasteiger partial charge in [0, 0.05) is 5.92 Å². The van der Waals surface area contributed by atoms with Crippen LogP contribution in [0.4, 0.5) is 4.39 Å². The van der Waals surface area contributed by atoms with Gasteiger partial charge < -0.3 is 15.2 Å². The van der Waals surface area contributed by atoms with Crippen LogP contribution >= 0.6 is 0 Å². The lowest BCUT2D eigenvalue weighted by Gasteiger charge is -2.19. The molecule has 0 aliphatic carbocycles. The third-order valence-electron chi connectivity index (χ3n) is 3.80. The van der Waals surface area contributed by atoms with Gasteiger partial charge in [-0.25, -0.2) is 4.39 Å². The highest BCUT2D eigenvalue weighted by molar-refractivity contribution is 5.47. The van der Waals surface area contributed by atoms with Crippen molar-refractivity contribution in [3.05, 3.63) is 59.4 Å². The average Bonchev–Trinajstić information content (AvgIpc) is 2.58. The van der Waals surface area contributed by atoms with E-state index in [2.05, 4.69) is 6.92 Å². The Labute approximate surface area is 137 Å². The molecule has 4 heteroatoms. The third-order valence-corrected chi connectivity index (χ3v) is 3.80. The second kappa shape index (κ2) is 8.53. The van der Waals surface area contributed by atoms with Crippen LogP contribution in [0.2, 0.25) is 0 Å². The van der Waals surface area contributed by atoms with Crippen LogP contribution in [0.5, 0.6) is 11.5 Å². The SMILES string of the molecule is CCCOc1c(CC(CN)c2cccc(F)c2)cccc1OC. The van der Waals surface area contributed by atoms with Crippen LogP contribution in [0, 0.1) is 5.82 Å². The van der Waals surface area contributed by atoms with E-state index >= 15 is 0 Å². The van der Waals surface area contributed by atoms with E-state index in [1.165, 1.54) is 6.07 Å². The molecule has 0 saturated heterocycles.